The molecule has 74 valence electrons. The highest BCUT2D eigenvalue weighted by atomic mass is 32.1. The predicted molar refractivity (Wildman–Crippen MR) is 53.4 cm³/mol. The maximum atomic E-state index is 10.9. The fraction of sp³-hybridized carbons (Fsp3) is 0.750. The third-order valence-corrected chi connectivity index (χ3v) is 1.87. The van der Waals surface area contributed by atoms with Gasteiger partial charge in [-0.1, -0.05) is 0 Å². The molecule has 1 aliphatic carbocycles. The lowest BCUT2D eigenvalue weighted by Crippen LogP contribution is -2.39. The van der Waals surface area contributed by atoms with E-state index in [0.29, 0.717) is 17.8 Å². The van der Waals surface area contributed by atoms with Crippen LogP contribution in [0.2, 0.25) is 0 Å². The highest BCUT2D eigenvalue weighted by Crippen LogP contribution is 2.18. The fourth-order valence-corrected chi connectivity index (χ4v) is 1.07. The van der Waals surface area contributed by atoms with Gasteiger partial charge in [0, 0.05) is 6.04 Å². The lowest BCUT2D eigenvalue weighted by Gasteiger charge is -2.08. The zero-order chi connectivity index (χ0) is 9.68. The predicted octanol–water partition coefficient (Wildman–Crippen LogP) is 0.176. The molecule has 13 heavy (non-hydrogen) atoms. The number of nitrogens with one attached hydrogen (secondary N) is 2. The number of rotatable bonds is 4. The zero-order valence-electron chi connectivity index (χ0n) is 7.63. The molecule has 0 amide bonds. The third-order valence-electron chi connectivity index (χ3n) is 1.61. The molecule has 0 bridgehead atoms. The van der Waals surface area contributed by atoms with E-state index in [1.807, 2.05) is 0 Å². The van der Waals surface area contributed by atoms with Gasteiger partial charge in [0.05, 0.1) is 6.61 Å². The average molecular weight is 202 g/mol. The normalized spacial score (nSPS) is 14.8. The summed E-state index contributed by atoms with van der Waals surface area (Å²) in [6.45, 7) is 2.33. The number of thiocarbonyl (C=S) groups is 1. The topological polar surface area (TPSA) is 50.4 Å². The molecule has 0 saturated heterocycles. The summed E-state index contributed by atoms with van der Waals surface area (Å²) in [4.78, 5) is 10.9. The third kappa shape index (κ3) is 4.67. The van der Waals surface area contributed by atoms with Gasteiger partial charge < -0.3 is 15.4 Å². The van der Waals surface area contributed by atoms with E-state index < -0.39 is 0 Å². The van der Waals surface area contributed by atoms with Crippen LogP contribution < -0.4 is 10.6 Å². The monoisotopic (exact) mass is 202 g/mol. The molecule has 0 aliphatic heterocycles. The minimum atomic E-state index is -0.276. The molecule has 0 aromatic carbocycles. The van der Waals surface area contributed by atoms with Gasteiger partial charge in [-0.2, -0.15) is 0 Å². The molecule has 2 N–H and O–H groups in total. The summed E-state index contributed by atoms with van der Waals surface area (Å²) < 4.78 is 4.72. The summed E-state index contributed by atoms with van der Waals surface area (Å²) in [5.74, 6) is -0.276. The highest BCUT2D eigenvalue weighted by molar-refractivity contribution is 7.80. The van der Waals surface area contributed by atoms with E-state index in [-0.39, 0.29) is 12.5 Å². The number of hydrogen-bond acceptors (Lipinski definition) is 3. The van der Waals surface area contributed by atoms with Gasteiger partial charge >= 0.3 is 5.97 Å². The van der Waals surface area contributed by atoms with Crippen LogP contribution in [0, 0.1) is 0 Å². The van der Waals surface area contributed by atoms with Crippen LogP contribution in [0.25, 0.3) is 0 Å². The first-order valence-electron chi connectivity index (χ1n) is 4.42. The van der Waals surface area contributed by atoms with Gasteiger partial charge in [-0.05, 0) is 32.0 Å². The van der Waals surface area contributed by atoms with Crippen molar-refractivity contribution in [3.8, 4) is 0 Å². The lowest BCUT2D eigenvalue weighted by molar-refractivity contribution is -0.141. The van der Waals surface area contributed by atoms with Crippen LogP contribution in [0.5, 0.6) is 0 Å². The van der Waals surface area contributed by atoms with Crippen molar-refractivity contribution in [2.45, 2.75) is 25.8 Å². The van der Waals surface area contributed by atoms with Crippen LogP contribution in [-0.2, 0) is 9.53 Å². The fourth-order valence-electron chi connectivity index (χ4n) is 0.829. The van der Waals surface area contributed by atoms with Crippen LogP contribution in [-0.4, -0.2) is 30.3 Å². The molecule has 4 nitrogen and oxygen atoms in total. The summed E-state index contributed by atoms with van der Waals surface area (Å²) in [7, 11) is 0. The summed E-state index contributed by atoms with van der Waals surface area (Å²) in [5, 5.41) is 6.39. The molecule has 0 aromatic rings. The summed E-state index contributed by atoms with van der Waals surface area (Å²) in [6, 6.07) is 0.516. The first-order valence-corrected chi connectivity index (χ1v) is 4.83. The van der Waals surface area contributed by atoms with Crippen LogP contribution in [0.3, 0.4) is 0 Å². The maximum Gasteiger partial charge on any atom is 0.325 e. The second kappa shape index (κ2) is 5.01. The zero-order valence-corrected chi connectivity index (χ0v) is 8.45. The first kappa shape index (κ1) is 10.2. The molecule has 0 heterocycles. The molecule has 1 fully saturated rings. The van der Waals surface area contributed by atoms with E-state index >= 15 is 0 Å². The average Bonchev–Trinajstić information content (AvgIpc) is 2.85. The van der Waals surface area contributed by atoms with Crippen molar-refractivity contribution >= 4 is 23.3 Å². The molecular formula is C8H14N2O2S. The minimum Gasteiger partial charge on any atom is -0.465 e. The Kier molecular flexibility index (Phi) is 3.95. The van der Waals surface area contributed by atoms with E-state index in [0.717, 1.165) is 0 Å². The molecule has 0 radical (unpaired) electrons. The standard InChI is InChI=1S/C8H14N2O2S/c1-2-12-7(11)5-9-8(13)10-6-3-4-6/h6H,2-5H2,1H3,(H2,9,10,13). The van der Waals surface area contributed by atoms with Crippen molar-refractivity contribution in [3.63, 3.8) is 0 Å². The van der Waals surface area contributed by atoms with Gasteiger partial charge in [-0.15, -0.1) is 0 Å². The maximum absolute atomic E-state index is 10.9. The van der Waals surface area contributed by atoms with Gasteiger partial charge in [0.15, 0.2) is 5.11 Å². The summed E-state index contributed by atoms with van der Waals surface area (Å²) in [5.41, 5.74) is 0. The molecule has 1 saturated carbocycles. The molecule has 5 heteroatoms. The minimum absolute atomic E-state index is 0.145. The van der Waals surface area contributed by atoms with Crippen LogP contribution in [0.4, 0.5) is 0 Å². The second-order valence-corrected chi connectivity index (χ2v) is 3.31. The smallest absolute Gasteiger partial charge is 0.325 e. The number of carbonyl (C=O) groups excluding carboxylic acids is 1. The number of ether oxygens (including phenoxy) is 1. The van der Waals surface area contributed by atoms with E-state index in [9.17, 15) is 4.79 Å². The van der Waals surface area contributed by atoms with Gasteiger partial charge in [-0.3, -0.25) is 4.79 Å². The molecule has 0 atom stereocenters. The largest absolute Gasteiger partial charge is 0.465 e. The first-order chi connectivity index (χ1) is 6.22. The Hall–Kier alpha value is -0.840. The van der Waals surface area contributed by atoms with Crippen molar-refractivity contribution in [2.75, 3.05) is 13.2 Å². The van der Waals surface area contributed by atoms with Crippen molar-refractivity contribution < 1.29 is 9.53 Å². The Morgan fingerprint density at radius 2 is 2.31 bits per heavy atom. The molecule has 0 unspecified atom stereocenters. The highest BCUT2D eigenvalue weighted by Gasteiger charge is 2.21. The van der Waals surface area contributed by atoms with Crippen LogP contribution in [0.15, 0.2) is 0 Å². The van der Waals surface area contributed by atoms with Crippen LogP contribution in [0.1, 0.15) is 19.8 Å². The number of carbonyl (C=O) groups is 1. The van der Waals surface area contributed by atoms with E-state index in [2.05, 4.69) is 10.6 Å². The molecule has 0 spiro atoms. The summed E-state index contributed by atoms with van der Waals surface area (Å²) in [6.07, 6.45) is 2.34. The van der Waals surface area contributed by atoms with Crippen molar-refractivity contribution in [2.24, 2.45) is 0 Å². The Bertz CT molecular complexity index is 204. The Morgan fingerprint density at radius 3 is 2.85 bits per heavy atom. The Labute approximate surface area is 83.0 Å². The lowest BCUT2D eigenvalue weighted by atomic mass is 10.6. The van der Waals surface area contributed by atoms with Crippen molar-refractivity contribution in [3.05, 3.63) is 0 Å². The SMILES string of the molecule is CCOC(=O)CNC(=S)NC1CC1. The van der Waals surface area contributed by atoms with Gasteiger partial charge in [0.2, 0.25) is 0 Å². The van der Waals surface area contributed by atoms with Crippen LogP contribution >= 0.6 is 12.2 Å². The molecule has 1 aliphatic rings. The molecule has 0 aromatic heterocycles. The second-order valence-electron chi connectivity index (χ2n) is 2.91. The van der Waals surface area contributed by atoms with E-state index in [4.69, 9.17) is 17.0 Å². The molecular weight excluding hydrogens is 188 g/mol. The van der Waals surface area contributed by atoms with Crippen molar-refractivity contribution in [1.82, 2.24) is 10.6 Å². The molecule has 1 rings (SSSR count). The van der Waals surface area contributed by atoms with E-state index in [1.54, 1.807) is 6.92 Å². The Morgan fingerprint density at radius 1 is 1.62 bits per heavy atom. The van der Waals surface area contributed by atoms with Gasteiger partial charge in [-0.25, -0.2) is 0 Å². The number of esters is 1. The van der Waals surface area contributed by atoms with Crippen molar-refractivity contribution in [1.29, 1.82) is 0 Å². The Balaban J connectivity index is 2.02. The quantitative estimate of drug-likeness (QED) is 0.503. The summed E-state index contributed by atoms with van der Waals surface area (Å²) >= 11 is 4.94. The van der Waals surface area contributed by atoms with Gasteiger partial charge in [0.1, 0.15) is 6.54 Å². The number of hydrogen-bond donors (Lipinski definition) is 2. The van der Waals surface area contributed by atoms with E-state index in [1.165, 1.54) is 12.8 Å². The van der Waals surface area contributed by atoms with Gasteiger partial charge in [0.25, 0.3) is 0 Å².